The van der Waals surface area contributed by atoms with Crippen molar-refractivity contribution >= 4 is 43.7 Å². The second kappa shape index (κ2) is 11.6. The van der Waals surface area contributed by atoms with Crippen LogP contribution in [0.3, 0.4) is 0 Å². The molecule has 0 unspecified atom stereocenters. The van der Waals surface area contributed by atoms with Gasteiger partial charge < -0.3 is 0 Å². The minimum atomic E-state index is 0.951. The smallest absolute Gasteiger partial charge is 0.145 e. The summed E-state index contributed by atoms with van der Waals surface area (Å²) >= 11 is 0. The van der Waals surface area contributed by atoms with E-state index in [4.69, 9.17) is 4.98 Å². The molecule has 6 aromatic carbocycles. The Labute approximate surface area is 275 Å². The monoisotopic (exact) mass is 602 g/mol. The number of benzene rings is 6. The lowest BCUT2D eigenvalue weighted by molar-refractivity contribution is 1.04. The van der Waals surface area contributed by atoms with Crippen molar-refractivity contribution in [1.82, 2.24) is 9.55 Å². The van der Waals surface area contributed by atoms with Gasteiger partial charge in [-0.2, -0.15) is 0 Å². The third kappa shape index (κ3) is 4.76. The summed E-state index contributed by atoms with van der Waals surface area (Å²) in [6, 6.07) is 44.0. The number of para-hydroxylation sites is 3. The Hall–Kier alpha value is -5.73. The molecule has 0 saturated heterocycles. The van der Waals surface area contributed by atoms with E-state index in [2.05, 4.69) is 162 Å². The fourth-order valence-corrected chi connectivity index (χ4v) is 7.49. The van der Waals surface area contributed by atoms with E-state index < -0.39 is 0 Å². The maximum Gasteiger partial charge on any atom is 0.145 e. The van der Waals surface area contributed by atoms with Crippen LogP contribution in [0, 0.1) is 0 Å². The summed E-state index contributed by atoms with van der Waals surface area (Å²) in [5, 5.41) is 5.32. The lowest BCUT2D eigenvalue weighted by Gasteiger charge is -2.21. The number of imidazole rings is 1. The van der Waals surface area contributed by atoms with Crippen molar-refractivity contribution in [3.8, 4) is 28.2 Å². The van der Waals surface area contributed by atoms with E-state index in [1.807, 2.05) is 0 Å². The van der Waals surface area contributed by atoms with Crippen molar-refractivity contribution in [3.63, 3.8) is 0 Å². The van der Waals surface area contributed by atoms with Gasteiger partial charge in [0.05, 0.1) is 11.0 Å². The molecule has 0 atom stereocenters. The topological polar surface area (TPSA) is 17.8 Å². The van der Waals surface area contributed by atoms with Crippen molar-refractivity contribution in [2.75, 3.05) is 0 Å². The van der Waals surface area contributed by atoms with Crippen LogP contribution in [0.25, 0.3) is 71.9 Å². The number of hydrogen-bond donors (Lipinski definition) is 0. The first kappa shape index (κ1) is 27.6. The molecule has 2 heteroatoms. The normalized spacial score (nSPS) is 14.6. The Kier molecular flexibility index (Phi) is 6.79. The Morgan fingerprint density at radius 2 is 1.28 bits per heavy atom. The second-order valence-electron chi connectivity index (χ2n) is 12.5. The van der Waals surface area contributed by atoms with Crippen LogP contribution < -0.4 is 0 Å². The number of fused-ring (bicyclic) bond motifs is 3. The van der Waals surface area contributed by atoms with E-state index in [-0.39, 0.29) is 0 Å². The predicted octanol–water partition coefficient (Wildman–Crippen LogP) is 12.1. The first-order chi connectivity index (χ1) is 23.3. The van der Waals surface area contributed by atoms with Crippen LogP contribution in [0.4, 0.5) is 0 Å². The molecule has 1 aromatic heterocycles. The Bertz CT molecular complexity index is 2430. The molecule has 0 fully saturated rings. The van der Waals surface area contributed by atoms with Gasteiger partial charge in [-0.1, -0.05) is 127 Å². The molecule has 9 rings (SSSR count). The summed E-state index contributed by atoms with van der Waals surface area (Å²) < 4.78 is 2.26. The number of allylic oxidation sites excluding steroid dienone is 8. The average molecular weight is 603 g/mol. The molecule has 0 radical (unpaired) electrons. The Balaban J connectivity index is 1.22. The van der Waals surface area contributed by atoms with E-state index in [9.17, 15) is 0 Å². The summed E-state index contributed by atoms with van der Waals surface area (Å²) in [5.41, 5.74) is 12.2. The summed E-state index contributed by atoms with van der Waals surface area (Å²) in [7, 11) is 0. The molecule has 1 heterocycles. The highest BCUT2D eigenvalue weighted by Gasteiger charge is 2.20. The predicted molar refractivity (Wildman–Crippen MR) is 200 cm³/mol. The van der Waals surface area contributed by atoms with E-state index in [1.54, 1.807) is 0 Å². The molecular weight excluding hydrogens is 569 g/mol. The fourth-order valence-electron chi connectivity index (χ4n) is 7.49. The molecule has 2 nitrogen and oxygen atoms in total. The first-order valence-electron chi connectivity index (χ1n) is 16.7. The molecule has 7 aromatic rings. The van der Waals surface area contributed by atoms with Gasteiger partial charge in [0.2, 0.25) is 0 Å². The maximum absolute atomic E-state index is 5.09. The molecule has 0 bridgehead atoms. The summed E-state index contributed by atoms with van der Waals surface area (Å²) in [6.07, 6.45) is 18.2. The molecule has 47 heavy (non-hydrogen) atoms. The van der Waals surface area contributed by atoms with Crippen LogP contribution in [0.2, 0.25) is 0 Å². The van der Waals surface area contributed by atoms with Gasteiger partial charge in [0.25, 0.3) is 0 Å². The maximum atomic E-state index is 5.09. The van der Waals surface area contributed by atoms with E-state index >= 15 is 0 Å². The van der Waals surface area contributed by atoms with Gasteiger partial charge in [-0.3, -0.25) is 4.57 Å². The van der Waals surface area contributed by atoms with Crippen LogP contribution in [0.1, 0.15) is 36.8 Å². The molecule has 0 spiro atoms. The molecule has 224 valence electrons. The zero-order valence-electron chi connectivity index (χ0n) is 26.2. The minimum absolute atomic E-state index is 0.951. The first-order valence-corrected chi connectivity index (χ1v) is 16.7. The lowest BCUT2D eigenvalue weighted by Crippen LogP contribution is -1.98. The highest BCUT2D eigenvalue weighted by Crippen LogP contribution is 2.44. The van der Waals surface area contributed by atoms with E-state index in [0.717, 1.165) is 53.8 Å². The third-order valence-corrected chi connectivity index (χ3v) is 9.69. The highest BCUT2D eigenvalue weighted by molar-refractivity contribution is 6.17. The summed E-state index contributed by atoms with van der Waals surface area (Å²) in [4.78, 5) is 5.09. The molecule has 0 saturated carbocycles. The number of nitrogens with zero attached hydrogens (tertiary/aromatic N) is 2. The van der Waals surface area contributed by atoms with Gasteiger partial charge in [0.1, 0.15) is 5.82 Å². The minimum Gasteiger partial charge on any atom is -0.292 e. The highest BCUT2D eigenvalue weighted by atomic mass is 15.1. The van der Waals surface area contributed by atoms with Crippen LogP contribution in [-0.4, -0.2) is 9.55 Å². The molecule has 2 aliphatic carbocycles. The molecule has 0 aliphatic heterocycles. The second-order valence-corrected chi connectivity index (χ2v) is 12.5. The van der Waals surface area contributed by atoms with E-state index in [1.165, 1.54) is 54.9 Å². The van der Waals surface area contributed by atoms with Crippen molar-refractivity contribution in [2.45, 2.75) is 25.7 Å². The van der Waals surface area contributed by atoms with Crippen molar-refractivity contribution in [1.29, 1.82) is 0 Å². The van der Waals surface area contributed by atoms with Gasteiger partial charge in [-0.25, -0.2) is 4.98 Å². The summed E-state index contributed by atoms with van der Waals surface area (Å²) in [6.45, 7) is 0. The van der Waals surface area contributed by atoms with Gasteiger partial charge in [0.15, 0.2) is 0 Å². The molecule has 0 N–H and O–H groups in total. The standard InChI is InChI=1S/C45H34N2/c1-4-14-32(15-5-1)43-37-20-10-11-21-38(37)44(33-16-6-2-7-17-33)40-30-35(28-29-39(40)43)31-24-26-34(27-25-31)45-46-41-22-12-13-23-42(41)47(45)36-18-8-3-9-19-36/h2-4,6,8-16,18-30H,1,5,7,17H2. The average Bonchev–Trinajstić information content (AvgIpc) is 3.54. The molecular formula is C45H34N2. The summed E-state index contributed by atoms with van der Waals surface area (Å²) in [5.74, 6) is 0.951. The molecule has 0 amide bonds. The third-order valence-electron chi connectivity index (χ3n) is 9.69. The molecule has 2 aliphatic rings. The van der Waals surface area contributed by atoms with Crippen LogP contribution in [-0.2, 0) is 0 Å². The van der Waals surface area contributed by atoms with Crippen LogP contribution in [0.15, 0.2) is 158 Å². The Morgan fingerprint density at radius 1 is 0.553 bits per heavy atom. The Morgan fingerprint density at radius 3 is 2.06 bits per heavy atom. The van der Waals surface area contributed by atoms with Crippen molar-refractivity contribution in [3.05, 3.63) is 169 Å². The van der Waals surface area contributed by atoms with Gasteiger partial charge in [0, 0.05) is 11.3 Å². The van der Waals surface area contributed by atoms with E-state index in [0.29, 0.717) is 0 Å². The van der Waals surface area contributed by atoms with Crippen LogP contribution >= 0.6 is 0 Å². The number of aromatic nitrogens is 2. The zero-order chi connectivity index (χ0) is 31.2. The SMILES string of the molecule is C1=CCCC(c2c3ccccc3c(C3=CCCC=C3)c3ccc(-c4ccc(-c5nc6ccccc6n5-c5ccccc5)cc4)cc23)=C1. The van der Waals surface area contributed by atoms with Gasteiger partial charge >= 0.3 is 0 Å². The van der Waals surface area contributed by atoms with Crippen LogP contribution in [0.5, 0.6) is 0 Å². The zero-order valence-corrected chi connectivity index (χ0v) is 26.2. The number of rotatable bonds is 5. The fraction of sp³-hybridized carbons (Fsp3) is 0.0889. The largest absolute Gasteiger partial charge is 0.292 e. The number of hydrogen-bond acceptors (Lipinski definition) is 1. The van der Waals surface area contributed by atoms with Gasteiger partial charge in [-0.15, -0.1) is 0 Å². The van der Waals surface area contributed by atoms with Crippen molar-refractivity contribution in [2.24, 2.45) is 0 Å². The van der Waals surface area contributed by atoms with Crippen molar-refractivity contribution < 1.29 is 0 Å². The quantitative estimate of drug-likeness (QED) is 0.179. The lowest BCUT2D eigenvalue weighted by atomic mass is 9.82. The van der Waals surface area contributed by atoms with Gasteiger partial charge in [-0.05, 0) is 111 Å².